The van der Waals surface area contributed by atoms with Gasteiger partial charge < -0.3 is 4.90 Å². The van der Waals surface area contributed by atoms with Crippen LogP contribution >= 0.6 is 0 Å². The minimum Gasteiger partial charge on any atom is -0.340 e. The molecule has 0 aromatic rings. The van der Waals surface area contributed by atoms with Crippen LogP contribution in [0.4, 0.5) is 4.39 Å². The van der Waals surface area contributed by atoms with Crippen molar-refractivity contribution >= 4 is 5.91 Å². The van der Waals surface area contributed by atoms with Crippen LogP contribution in [-0.4, -0.2) is 30.6 Å². The van der Waals surface area contributed by atoms with Crippen molar-refractivity contribution in [3.05, 3.63) is 12.7 Å². The van der Waals surface area contributed by atoms with Crippen molar-refractivity contribution < 1.29 is 9.18 Å². The van der Waals surface area contributed by atoms with Crippen molar-refractivity contribution in [3.8, 4) is 0 Å². The Labute approximate surface area is 73.1 Å². The molecule has 0 aromatic heterocycles. The van der Waals surface area contributed by atoms with Crippen LogP contribution in [-0.2, 0) is 4.79 Å². The highest BCUT2D eigenvalue weighted by Gasteiger charge is 2.18. The van der Waals surface area contributed by atoms with Crippen molar-refractivity contribution in [1.29, 1.82) is 0 Å². The zero-order valence-electron chi connectivity index (χ0n) is 7.72. The summed E-state index contributed by atoms with van der Waals surface area (Å²) in [5.74, 6) is -0.447. The third-order valence-electron chi connectivity index (χ3n) is 1.59. The van der Waals surface area contributed by atoms with Gasteiger partial charge in [0, 0.05) is 13.6 Å². The summed E-state index contributed by atoms with van der Waals surface area (Å²) in [6.45, 7) is 5.73. The first kappa shape index (κ1) is 11.1. The maximum atomic E-state index is 12.9. The Morgan fingerprint density at radius 1 is 1.75 bits per heavy atom. The van der Waals surface area contributed by atoms with Crippen LogP contribution in [0.15, 0.2) is 12.7 Å². The Kier molecular flexibility index (Phi) is 5.34. The second-order valence-electron chi connectivity index (χ2n) is 2.76. The predicted octanol–water partition coefficient (Wildman–Crippen LogP) is 1.77. The molecule has 0 rings (SSSR count). The molecule has 0 spiro atoms. The predicted molar refractivity (Wildman–Crippen MR) is 47.6 cm³/mol. The summed E-state index contributed by atoms with van der Waals surface area (Å²) in [5, 5.41) is 0. The van der Waals surface area contributed by atoms with E-state index in [1.54, 1.807) is 13.1 Å². The lowest BCUT2D eigenvalue weighted by atomic mass is 10.2. The van der Waals surface area contributed by atoms with Crippen LogP contribution < -0.4 is 0 Å². The Morgan fingerprint density at radius 3 is 2.75 bits per heavy atom. The van der Waals surface area contributed by atoms with Crippen molar-refractivity contribution in [1.82, 2.24) is 4.90 Å². The molecule has 0 saturated heterocycles. The molecule has 0 radical (unpaired) electrons. The van der Waals surface area contributed by atoms with Gasteiger partial charge in [0.2, 0.25) is 0 Å². The second kappa shape index (κ2) is 5.75. The van der Waals surface area contributed by atoms with Crippen molar-refractivity contribution in [2.75, 3.05) is 13.6 Å². The average Bonchev–Trinajstić information content (AvgIpc) is 2.04. The van der Waals surface area contributed by atoms with Gasteiger partial charge in [-0.1, -0.05) is 19.4 Å². The number of carbonyl (C=O) groups is 1. The summed E-state index contributed by atoms with van der Waals surface area (Å²) >= 11 is 0. The highest BCUT2D eigenvalue weighted by atomic mass is 19.1. The van der Waals surface area contributed by atoms with Gasteiger partial charge in [0.1, 0.15) is 0 Å². The topological polar surface area (TPSA) is 20.3 Å². The third-order valence-corrected chi connectivity index (χ3v) is 1.59. The Morgan fingerprint density at radius 2 is 2.33 bits per heavy atom. The zero-order chi connectivity index (χ0) is 9.56. The number of hydrogen-bond acceptors (Lipinski definition) is 1. The van der Waals surface area contributed by atoms with Crippen LogP contribution in [0.2, 0.25) is 0 Å². The maximum Gasteiger partial charge on any atom is 0.257 e. The fourth-order valence-electron chi connectivity index (χ4n) is 0.900. The molecule has 0 aliphatic heterocycles. The first-order valence-corrected chi connectivity index (χ1v) is 4.13. The van der Waals surface area contributed by atoms with E-state index in [1.165, 1.54) is 4.90 Å². The number of hydrogen-bond donors (Lipinski definition) is 0. The number of alkyl halides is 1. The number of likely N-dealkylation sites (N-methyl/N-ethyl adjacent to an activating group) is 1. The second-order valence-corrected chi connectivity index (χ2v) is 2.76. The quantitative estimate of drug-likeness (QED) is 0.580. The average molecular weight is 173 g/mol. The van der Waals surface area contributed by atoms with Crippen molar-refractivity contribution in [2.24, 2.45) is 0 Å². The number of nitrogens with zero attached hydrogens (tertiary/aromatic N) is 1. The molecular formula is C9H16FNO. The summed E-state index contributed by atoms with van der Waals surface area (Å²) in [7, 11) is 1.58. The molecule has 0 aromatic carbocycles. The Bertz CT molecular complexity index is 159. The summed E-state index contributed by atoms with van der Waals surface area (Å²) < 4.78 is 12.9. The van der Waals surface area contributed by atoms with E-state index in [2.05, 4.69) is 6.58 Å². The molecule has 1 amide bonds. The maximum absolute atomic E-state index is 12.9. The molecule has 1 atom stereocenters. The van der Waals surface area contributed by atoms with E-state index in [9.17, 15) is 9.18 Å². The molecule has 0 aliphatic rings. The summed E-state index contributed by atoms with van der Waals surface area (Å²) in [6.07, 6.45) is 1.23. The van der Waals surface area contributed by atoms with Crippen LogP contribution in [0, 0.1) is 0 Å². The van der Waals surface area contributed by atoms with Crippen molar-refractivity contribution in [2.45, 2.75) is 25.9 Å². The van der Waals surface area contributed by atoms with E-state index in [-0.39, 0.29) is 0 Å². The van der Waals surface area contributed by atoms with Gasteiger partial charge in [-0.15, -0.1) is 6.58 Å². The zero-order valence-corrected chi connectivity index (χ0v) is 7.72. The van der Waals surface area contributed by atoms with E-state index in [1.807, 2.05) is 6.92 Å². The fourth-order valence-corrected chi connectivity index (χ4v) is 0.900. The Hall–Kier alpha value is -0.860. The molecular weight excluding hydrogens is 157 g/mol. The molecule has 70 valence electrons. The highest BCUT2D eigenvalue weighted by Crippen LogP contribution is 2.04. The van der Waals surface area contributed by atoms with E-state index in [4.69, 9.17) is 0 Å². The van der Waals surface area contributed by atoms with Crippen LogP contribution in [0.25, 0.3) is 0 Å². The number of carbonyl (C=O) groups excluding carboxylic acids is 1. The monoisotopic (exact) mass is 173 g/mol. The minimum absolute atomic E-state index is 0.306. The number of amides is 1. The molecule has 12 heavy (non-hydrogen) atoms. The molecule has 0 saturated carbocycles. The van der Waals surface area contributed by atoms with Gasteiger partial charge in [-0.25, -0.2) is 4.39 Å². The molecule has 1 unspecified atom stereocenters. The van der Waals surface area contributed by atoms with Gasteiger partial charge in [0.15, 0.2) is 6.17 Å². The van der Waals surface area contributed by atoms with Crippen molar-refractivity contribution in [3.63, 3.8) is 0 Å². The Balaban J connectivity index is 3.90. The molecule has 3 heteroatoms. The van der Waals surface area contributed by atoms with Crippen LogP contribution in [0.1, 0.15) is 19.8 Å². The first-order valence-electron chi connectivity index (χ1n) is 4.13. The van der Waals surface area contributed by atoms with E-state index < -0.39 is 12.1 Å². The van der Waals surface area contributed by atoms with Gasteiger partial charge in [-0.3, -0.25) is 4.79 Å². The standard InChI is InChI=1S/C9H16FNO/c1-4-6-8(10)9(12)11(3)7-5-2/h5,8H,2,4,6-7H2,1,3H3. The van der Waals surface area contributed by atoms with E-state index in [0.717, 1.165) is 0 Å². The van der Waals surface area contributed by atoms with Gasteiger partial charge in [-0.05, 0) is 6.42 Å². The SMILES string of the molecule is C=CCN(C)C(=O)C(F)CCC. The lowest BCUT2D eigenvalue weighted by Crippen LogP contribution is -2.34. The third kappa shape index (κ3) is 3.51. The van der Waals surface area contributed by atoms with Crippen LogP contribution in [0.3, 0.4) is 0 Å². The molecule has 0 fully saturated rings. The van der Waals surface area contributed by atoms with Gasteiger partial charge in [-0.2, -0.15) is 0 Å². The largest absolute Gasteiger partial charge is 0.340 e. The van der Waals surface area contributed by atoms with E-state index in [0.29, 0.717) is 19.4 Å². The molecule has 0 N–H and O–H groups in total. The van der Waals surface area contributed by atoms with E-state index >= 15 is 0 Å². The fraction of sp³-hybridized carbons (Fsp3) is 0.667. The van der Waals surface area contributed by atoms with Gasteiger partial charge >= 0.3 is 0 Å². The first-order chi connectivity index (χ1) is 5.63. The number of rotatable bonds is 5. The summed E-state index contributed by atoms with van der Waals surface area (Å²) in [6, 6.07) is 0. The highest BCUT2D eigenvalue weighted by molar-refractivity contribution is 5.80. The lowest BCUT2D eigenvalue weighted by molar-refractivity contribution is -0.134. The summed E-state index contributed by atoms with van der Waals surface area (Å²) in [5.41, 5.74) is 0. The molecule has 0 bridgehead atoms. The van der Waals surface area contributed by atoms with Crippen LogP contribution in [0.5, 0.6) is 0 Å². The molecule has 0 aliphatic carbocycles. The van der Waals surface area contributed by atoms with Gasteiger partial charge in [0.25, 0.3) is 5.91 Å². The molecule has 0 heterocycles. The number of halogens is 1. The normalized spacial score (nSPS) is 12.2. The molecule has 2 nitrogen and oxygen atoms in total. The minimum atomic E-state index is -1.35. The lowest BCUT2D eigenvalue weighted by Gasteiger charge is -2.16. The van der Waals surface area contributed by atoms with Gasteiger partial charge in [0.05, 0.1) is 0 Å². The smallest absolute Gasteiger partial charge is 0.257 e. The summed E-state index contributed by atoms with van der Waals surface area (Å²) in [4.78, 5) is 12.5.